The Morgan fingerprint density at radius 1 is 0.333 bits per heavy atom. The summed E-state index contributed by atoms with van der Waals surface area (Å²) < 4.78 is 0. The van der Waals surface area contributed by atoms with E-state index in [0.717, 1.165) is 24.0 Å². The van der Waals surface area contributed by atoms with Gasteiger partial charge in [-0.15, -0.1) is 0 Å². The Morgan fingerprint density at radius 2 is 0.576 bits per heavy atom. The zero-order valence-corrected chi connectivity index (χ0v) is 20.9. The van der Waals surface area contributed by atoms with Crippen LogP contribution in [0.4, 0.5) is 0 Å². The van der Waals surface area contributed by atoms with E-state index < -0.39 is 0 Å². The third-order valence-electron chi connectivity index (χ3n) is 6.88. The molecule has 0 saturated carbocycles. The molecule has 0 saturated heterocycles. The van der Waals surface area contributed by atoms with Crippen molar-refractivity contribution in [3.05, 3.63) is 59.7 Å². The molecule has 0 amide bonds. The van der Waals surface area contributed by atoms with Gasteiger partial charge in [-0.25, -0.2) is 0 Å². The van der Waals surface area contributed by atoms with Gasteiger partial charge >= 0.3 is 0 Å². The summed E-state index contributed by atoms with van der Waals surface area (Å²) in [5, 5.41) is 19.6. The van der Waals surface area contributed by atoms with Gasteiger partial charge in [-0.1, -0.05) is 133 Å². The van der Waals surface area contributed by atoms with Gasteiger partial charge in [0.15, 0.2) is 0 Å². The SMILES string of the molecule is Oc1ccccc1CCCCCCCCCCCCCCCCCCCc1ccccc1O. The number of phenols is 2. The summed E-state index contributed by atoms with van der Waals surface area (Å²) >= 11 is 0. The van der Waals surface area contributed by atoms with E-state index in [0.29, 0.717) is 11.5 Å². The van der Waals surface area contributed by atoms with E-state index in [1.807, 2.05) is 36.4 Å². The molecular weight excluding hydrogens is 404 g/mol. The van der Waals surface area contributed by atoms with Crippen LogP contribution >= 0.6 is 0 Å². The second kappa shape index (κ2) is 18.5. The van der Waals surface area contributed by atoms with Gasteiger partial charge < -0.3 is 10.2 Å². The molecule has 2 aromatic carbocycles. The molecule has 184 valence electrons. The molecule has 0 radical (unpaired) electrons. The van der Waals surface area contributed by atoms with Crippen LogP contribution in [0.25, 0.3) is 0 Å². The van der Waals surface area contributed by atoms with E-state index in [9.17, 15) is 10.2 Å². The lowest BCUT2D eigenvalue weighted by atomic mass is 10.0. The molecule has 2 aromatic rings. The fraction of sp³-hybridized carbons (Fsp3) is 0.613. The molecule has 0 atom stereocenters. The smallest absolute Gasteiger partial charge is 0.118 e. The fourth-order valence-electron chi connectivity index (χ4n) is 4.73. The third kappa shape index (κ3) is 13.4. The standard InChI is InChI=1S/C31H48O2/c32-30-26-20-18-24-28(30)22-16-14-12-10-8-6-4-2-1-3-5-7-9-11-13-15-17-23-29-25-19-21-27-31(29)33/h18-21,24-27,32-33H,1-17,22-23H2. The van der Waals surface area contributed by atoms with Crippen molar-refractivity contribution in [1.82, 2.24) is 0 Å². The summed E-state index contributed by atoms with van der Waals surface area (Å²) in [5.74, 6) is 0.907. The van der Waals surface area contributed by atoms with E-state index in [2.05, 4.69) is 0 Å². The number of aromatic hydroxyl groups is 2. The first-order valence-corrected chi connectivity index (χ1v) is 13.8. The first kappa shape index (κ1) is 27.3. The number of hydrogen-bond donors (Lipinski definition) is 2. The second-order valence-corrected chi connectivity index (χ2v) is 9.77. The van der Waals surface area contributed by atoms with Crippen LogP contribution in [-0.4, -0.2) is 10.2 Å². The van der Waals surface area contributed by atoms with Crippen molar-refractivity contribution in [3.63, 3.8) is 0 Å². The highest BCUT2D eigenvalue weighted by atomic mass is 16.3. The predicted octanol–water partition coefficient (Wildman–Crippen LogP) is 9.51. The van der Waals surface area contributed by atoms with Gasteiger partial charge in [0, 0.05) is 0 Å². The van der Waals surface area contributed by atoms with E-state index in [1.54, 1.807) is 12.1 Å². The maximum absolute atomic E-state index is 9.79. The van der Waals surface area contributed by atoms with Gasteiger partial charge in [0.1, 0.15) is 11.5 Å². The van der Waals surface area contributed by atoms with Gasteiger partial charge in [-0.2, -0.15) is 0 Å². The Kier molecular flexibility index (Phi) is 15.3. The van der Waals surface area contributed by atoms with Crippen molar-refractivity contribution in [1.29, 1.82) is 0 Å². The molecule has 2 nitrogen and oxygen atoms in total. The van der Waals surface area contributed by atoms with Gasteiger partial charge in [0.2, 0.25) is 0 Å². The summed E-state index contributed by atoms with van der Waals surface area (Å²) in [4.78, 5) is 0. The Labute approximate surface area is 203 Å². The van der Waals surface area contributed by atoms with Crippen molar-refractivity contribution in [2.75, 3.05) is 0 Å². The Bertz CT molecular complexity index is 663. The van der Waals surface area contributed by atoms with Crippen LogP contribution < -0.4 is 0 Å². The molecule has 0 aliphatic heterocycles. The van der Waals surface area contributed by atoms with E-state index in [4.69, 9.17) is 0 Å². The average molecular weight is 453 g/mol. The Balaban J connectivity index is 1.25. The molecule has 0 spiro atoms. The largest absolute Gasteiger partial charge is 0.508 e. The lowest BCUT2D eigenvalue weighted by molar-refractivity contribution is 0.465. The topological polar surface area (TPSA) is 40.5 Å². The molecule has 0 aromatic heterocycles. The number of unbranched alkanes of at least 4 members (excludes halogenated alkanes) is 16. The maximum atomic E-state index is 9.79. The summed E-state index contributed by atoms with van der Waals surface area (Å²) in [6.45, 7) is 0. The molecule has 0 bridgehead atoms. The van der Waals surface area contributed by atoms with Crippen LogP contribution in [0.1, 0.15) is 120 Å². The minimum absolute atomic E-state index is 0.453. The molecular formula is C31H48O2. The molecule has 0 aliphatic carbocycles. The second-order valence-electron chi connectivity index (χ2n) is 9.77. The first-order chi connectivity index (χ1) is 16.3. The predicted molar refractivity (Wildman–Crippen MR) is 142 cm³/mol. The molecule has 33 heavy (non-hydrogen) atoms. The first-order valence-electron chi connectivity index (χ1n) is 13.8. The molecule has 0 fully saturated rings. The zero-order chi connectivity index (χ0) is 23.4. The van der Waals surface area contributed by atoms with Gasteiger partial charge in [0.05, 0.1) is 0 Å². The van der Waals surface area contributed by atoms with E-state index in [1.165, 1.54) is 109 Å². The minimum atomic E-state index is 0.453. The summed E-state index contributed by atoms with van der Waals surface area (Å²) in [5.41, 5.74) is 2.19. The fourth-order valence-corrected chi connectivity index (χ4v) is 4.73. The lowest BCUT2D eigenvalue weighted by Gasteiger charge is -2.05. The molecule has 2 heteroatoms. The van der Waals surface area contributed by atoms with Crippen molar-refractivity contribution in [2.45, 2.75) is 122 Å². The zero-order valence-electron chi connectivity index (χ0n) is 20.9. The van der Waals surface area contributed by atoms with Crippen molar-refractivity contribution in [3.8, 4) is 11.5 Å². The summed E-state index contributed by atoms with van der Waals surface area (Å²) in [6, 6.07) is 15.5. The van der Waals surface area contributed by atoms with Gasteiger partial charge in [-0.3, -0.25) is 0 Å². The Hall–Kier alpha value is -1.96. The average Bonchev–Trinajstić information content (AvgIpc) is 2.82. The van der Waals surface area contributed by atoms with Gasteiger partial charge in [-0.05, 0) is 48.9 Å². The maximum Gasteiger partial charge on any atom is 0.118 e. The van der Waals surface area contributed by atoms with Gasteiger partial charge in [0.25, 0.3) is 0 Å². The number of benzene rings is 2. The highest BCUT2D eigenvalue weighted by Crippen LogP contribution is 2.20. The van der Waals surface area contributed by atoms with Crippen molar-refractivity contribution >= 4 is 0 Å². The number of aryl methyl sites for hydroxylation is 2. The number of phenolic OH excluding ortho intramolecular Hbond substituents is 2. The van der Waals surface area contributed by atoms with Crippen molar-refractivity contribution < 1.29 is 10.2 Å². The summed E-state index contributed by atoms with van der Waals surface area (Å²) in [7, 11) is 0. The number of hydrogen-bond acceptors (Lipinski definition) is 2. The number of rotatable bonds is 20. The highest BCUT2D eigenvalue weighted by molar-refractivity contribution is 5.32. The monoisotopic (exact) mass is 452 g/mol. The minimum Gasteiger partial charge on any atom is -0.508 e. The lowest BCUT2D eigenvalue weighted by Crippen LogP contribution is -1.87. The summed E-state index contributed by atoms with van der Waals surface area (Å²) in [6.07, 6.45) is 25.0. The van der Waals surface area contributed by atoms with Crippen LogP contribution in [0, 0.1) is 0 Å². The van der Waals surface area contributed by atoms with Crippen LogP contribution in [0.2, 0.25) is 0 Å². The third-order valence-corrected chi connectivity index (χ3v) is 6.88. The van der Waals surface area contributed by atoms with Crippen LogP contribution in [-0.2, 0) is 12.8 Å². The van der Waals surface area contributed by atoms with Crippen LogP contribution in [0.5, 0.6) is 11.5 Å². The highest BCUT2D eigenvalue weighted by Gasteiger charge is 2.00. The molecule has 0 unspecified atom stereocenters. The van der Waals surface area contributed by atoms with E-state index >= 15 is 0 Å². The Morgan fingerprint density at radius 3 is 0.848 bits per heavy atom. The van der Waals surface area contributed by atoms with Crippen LogP contribution in [0.3, 0.4) is 0 Å². The number of para-hydroxylation sites is 2. The normalized spacial score (nSPS) is 11.2. The molecule has 2 rings (SSSR count). The quantitative estimate of drug-likeness (QED) is 0.196. The molecule has 2 N–H and O–H groups in total. The molecule has 0 aliphatic rings. The van der Waals surface area contributed by atoms with Crippen molar-refractivity contribution in [2.24, 2.45) is 0 Å². The molecule has 0 heterocycles. The van der Waals surface area contributed by atoms with Crippen LogP contribution in [0.15, 0.2) is 48.5 Å². The van der Waals surface area contributed by atoms with E-state index in [-0.39, 0.29) is 0 Å².